The van der Waals surface area contributed by atoms with E-state index in [1.165, 1.54) is 23.8 Å². The van der Waals surface area contributed by atoms with Crippen LogP contribution in [0.25, 0.3) is 0 Å². The van der Waals surface area contributed by atoms with Crippen LogP contribution in [0.4, 0.5) is 0 Å². The molecule has 0 atom stereocenters. The highest BCUT2D eigenvalue weighted by molar-refractivity contribution is 7.92. The zero-order chi connectivity index (χ0) is 28.9. The van der Waals surface area contributed by atoms with Crippen molar-refractivity contribution in [2.24, 2.45) is 0 Å². The van der Waals surface area contributed by atoms with Crippen LogP contribution in [0.2, 0.25) is 0 Å². The molecule has 2 aromatic carbocycles. The lowest BCUT2D eigenvalue weighted by Crippen LogP contribution is -2.32. The Kier molecular flexibility index (Phi) is 9.63. The summed E-state index contributed by atoms with van der Waals surface area (Å²) in [5, 5.41) is 0.623. The standard InChI is InChI=1S/C30H36N2O6S2/c1-5-40(35,36)19-24(33)28-29(22-13-14-22)39-27(31-28)18-32(15-9-12-21-10-7-6-8-11-21)30(34)23-16-25(37-3)20(2)26(17-23)38-4/h6-8,10-11,16-17,22H,5,9,12-15,18-19H2,1-4H3. The molecule has 0 bridgehead atoms. The van der Waals surface area contributed by atoms with Crippen molar-refractivity contribution in [3.8, 4) is 11.5 Å². The summed E-state index contributed by atoms with van der Waals surface area (Å²) in [6.45, 7) is 4.09. The Labute approximate surface area is 240 Å². The largest absolute Gasteiger partial charge is 0.496 e. The van der Waals surface area contributed by atoms with Crippen molar-refractivity contribution in [2.75, 3.05) is 32.3 Å². The topological polar surface area (TPSA) is 103 Å². The first-order chi connectivity index (χ1) is 19.2. The van der Waals surface area contributed by atoms with Crippen molar-refractivity contribution >= 4 is 32.9 Å². The van der Waals surface area contributed by atoms with Gasteiger partial charge in [0.1, 0.15) is 28.0 Å². The Morgan fingerprint density at radius 3 is 2.30 bits per heavy atom. The highest BCUT2D eigenvalue weighted by Crippen LogP contribution is 2.45. The third kappa shape index (κ3) is 7.28. The number of ketones is 1. The van der Waals surface area contributed by atoms with Crippen molar-refractivity contribution in [1.29, 1.82) is 0 Å². The van der Waals surface area contributed by atoms with E-state index in [1.807, 2.05) is 25.1 Å². The SMILES string of the molecule is CCS(=O)(=O)CC(=O)c1nc(CN(CCCc2ccccc2)C(=O)c2cc(OC)c(C)c(OC)c2)sc1C1CC1. The van der Waals surface area contributed by atoms with Gasteiger partial charge in [-0.1, -0.05) is 37.3 Å². The molecule has 0 spiro atoms. The van der Waals surface area contributed by atoms with Crippen LogP contribution in [0.1, 0.15) is 74.0 Å². The fraction of sp³-hybridized carbons (Fsp3) is 0.433. The van der Waals surface area contributed by atoms with Crippen LogP contribution in [-0.2, 0) is 22.8 Å². The van der Waals surface area contributed by atoms with Crippen molar-refractivity contribution in [3.63, 3.8) is 0 Å². The van der Waals surface area contributed by atoms with Crippen LogP contribution in [0.15, 0.2) is 42.5 Å². The molecule has 40 heavy (non-hydrogen) atoms. The molecule has 0 saturated heterocycles. The molecule has 10 heteroatoms. The van der Waals surface area contributed by atoms with E-state index < -0.39 is 21.4 Å². The molecule has 0 radical (unpaired) electrons. The van der Waals surface area contributed by atoms with Crippen molar-refractivity contribution in [1.82, 2.24) is 9.88 Å². The molecular formula is C30H36N2O6S2. The number of methoxy groups -OCH3 is 2. The first-order valence-electron chi connectivity index (χ1n) is 13.4. The highest BCUT2D eigenvalue weighted by Gasteiger charge is 2.33. The zero-order valence-corrected chi connectivity index (χ0v) is 25.1. The number of amides is 1. The summed E-state index contributed by atoms with van der Waals surface area (Å²) in [6, 6.07) is 13.5. The summed E-state index contributed by atoms with van der Waals surface area (Å²) in [7, 11) is -0.370. The molecule has 1 fully saturated rings. The molecule has 1 aliphatic carbocycles. The smallest absolute Gasteiger partial charge is 0.254 e. The van der Waals surface area contributed by atoms with Gasteiger partial charge in [-0.25, -0.2) is 13.4 Å². The van der Waals surface area contributed by atoms with Gasteiger partial charge >= 0.3 is 0 Å². The second-order valence-corrected chi connectivity index (χ2v) is 13.5. The normalized spacial score (nSPS) is 13.2. The van der Waals surface area contributed by atoms with Crippen LogP contribution in [0.3, 0.4) is 0 Å². The quantitative estimate of drug-likeness (QED) is 0.239. The number of Topliss-reactive ketones (excluding diaryl/α,β-unsaturated/α-hetero) is 1. The second-order valence-electron chi connectivity index (χ2n) is 10.0. The highest BCUT2D eigenvalue weighted by atomic mass is 32.2. The van der Waals surface area contributed by atoms with E-state index in [0.717, 1.165) is 36.1 Å². The van der Waals surface area contributed by atoms with Crippen molar-refractivity contribution in [2.45, 2.75) is 52.0 Å². The molecule has 4 rings (SSSR count). The van der Waals surface area contributed by atoms with E-state index in [9.17, 15) is 18.0 Å². The second kappa shape index (κ2) is 13.0. The molecule has 8 nitrogen and oxygen atoms in total. The summed E-state index contributed by atoms with van der Waals surface area (Å²) in [5.74, 6) is 0.0267. The number of ether oxygens (including phenoxy) is 2. The van der Waals surface area contributed by atoms with Gasteiger partial charge in [-0.3, -0.25) is 9.59 Å². The van der Waals surface area contributed by atoms with E-state index in [2.05, 4.69) is 17.1 Å². The third-order valence-corrected chi connectivity index (χ3v) is 9.83. The van der Waals surface area contributed by atoms with Crippen LogP contribution in [0, 0.1) is 6.92 Å². The number of sulfone groups is 1. The summed E-state index contributed by atoms with van der Waals surface area (Å²) >= 11 is 1.41. The first-order valence-corrected chi connectivity index (χ1v) is 16.1. The van der Waals surface area contributed by atoms with Crippen LogP contribution < -0.4 is 9.47 Å². The lowest BCUT2D eigenvalue weighted by atomic mass is 10.1. The Morgan fingerprint density at radius 1 is 1.07 bits per heavy atom. The van der Waals surface area contributed by atoms with Gasteiger partial charge in [-0.15, -0.1) is 11.3 Å². The number of benzene rings is 2. The fourth-order valence-electron chi connectivity index (χ4n) is 4.56. The molecule has 1 aliphatic rings. The minimum Gasteiger partial charge on any atom is -0.496 e. The van der Waals surface area contributed by atoms with Gasteiger partial charge in [0.2, 0.25) is 0 Å². The predicted molar refractivity (Wildman–Crippen MR) is 157 cm³/mol. The van der Waals surface area contributed by atoms with Gasteiger partial charge in [0.05, 0.1) is 20.8 Å². The number of aromatic nitrogens is 1. The van der Waals surface area contributed by atoms with E-state index >= 15 is 0 Å². The van der Waals surface area contributed by atoms with Gasteiger partial charge in [-0.2, -0.15) is 0 Å². The lowest BCUT2D eigenvalue weighted by molar-refractivity contribution is 0.0740. The maximum Gasteiger partial charge on any atom is 0.254 e. The molecule has 3 aromatic rings. The Bertz CT molecular complexity index is 1440. The molecule has 1 aromatic heterocycles. The number of hydrogen-bond acceptors (Lipinski definition) is 8. The number of thiazole rings is 1. The van der Waals surface area contributed by atoms with Gasteiger partial charge in [-0.05, 0) is 56.2 Å². The molecular weight excluding hydrogens is 548 g/mol. The summed E-state index contributed by atoms with van der Waals surface area (Å²) in [4.78, 5) is 34.1. The van der Waals surface area contributed by atoms with Crippen molar-refractivity contribution < 1.29 is 27.5 Å². The van der Waals surface area contributed by atoms with E-state index in [-0.39, 0.29) is 29.8 Å². The molecule has 1 saturated carbocycles. The molecule has 0 unspecified atom stereocenters. The number of carbonyl (C=O) groups excluding carboxylic acids is 2. The molecule has 0 N–H and O–H groups in total. The third-order valence-electron chi connectivity index (χ3n) is 7.05. The fourth-order valence-corrected chi connectivity index (χ4v) is 6.57. The molecule has 214 valence electrons. The Hall–Kier alpha value is -3.24. The van der Waals surface area contributed by atoms with E-state index in [0.29, 0.717) is 28.6 Å². The number of rotatable bonds is 14. The number of hydrogen-bond donors (Lipinski definition) is 0. The average molecular weight is 585 g/mol. The minimum absolute atomic E-state index is 0.0956. The van der Waals surface area contributed by atoms with E-state index in [1.54, 1.807) is 31.3 Å². The molecule has 0 aliphatic heterocycles. The maximum absolute atomic E-state index is 13.9. The number of aryl methyl sites for hydroxylation is 1. The number of carbonyl (C=O) groups is 2. The minimum atomic E-state index is -3.48. The molecule has 1 amide bonds. The first kappa shape index (κ1) is 29.7. The van der Waals surface area contributed by atoms with Gasteiger partial charge in [0, 0.05) is 28.3 Å². The lowest BCUT2D eigenvalue weighted by Gasteiger charge is -2.23. The van der Waals surface area contributed by atoms with Crippen LogP contribution >= 0.6 is 11.3 Å². The molecule has 1 heterocycles. The van der Waals surface area contributed by atoms with Gasteiger partial charge < -0.3 is 14.4 Å². The predicted octanol–water partition coefficient (Wildman–Crippen LogP) is 5.24. The zero-order valence-electron chi connectivity index (χ0n) is 23.4. The Balaban J connectivity index is 1.63. The van der Waals surface area contributed by atoms with Crippen LogP contribution in [0.5, 0.6) is 11.5 Å². The van der Waals surface area contributed by atoms with Crippen molar-refractivity contribution in [3.05, 3.63) is 74.7 Å². The average Bonchev–Trinajstić information content (AvgIpc) is 3.71. The summed E-state index contributed by atoms with van der Waals surface area (Å²) in [5.41, 5.74) is 2.67. The monoisotopic (exact) mass is 584 g/mol. The summed E-state index contributed by atoms with van der Waals surface area (Å²) in [6.07, 6.45) is 3.43. The van der Waals surface area contributed by atoms with Crippen LogP contribution in [-0.4, -0.2) is 62.3 Å². The number of nitrogens with zero attached hydrogens (tertiary/aromatic N) is 2. The Morgan fingerprint density at radius 2 is 1.73 bits per heavy atom. The van der Waals surface area contributed by atoms with Gasteiger partial charge in [0.15, 0.2) is 15.6 Å². The van der Waals surface area contributed by atoms with E-state index in [4.69, 9.17) is 9.47 Å². The maximum atomic E-state index is 13.9. The summed E-state index contributed by atoms with van der Waals surface area (Å²) < 4.78 is 35.3. The van der Waals surface area contributed by atoms with Gasteiger partial charge in [0.25, 0.3) is 5.91 Å².